The zero-order valence-corrected chi connectivity index (χ0v) is 11.4. The summed E-state index contributed by atoms with van der Waals surface area (Å²) in [5, 5.41) is 8.59. The van der Waals surface area contributed by atoms with Crippen LogP contribution in [0.1, 0.15) is 31.7 Å². The Morgan fingerprint density at radius 3 is 2.68 bits per heavy atom. The van der Waals surface area contributed by atoms with Gasteiger partial charge in [-0.3, -0.25) is 0 Å². The molecule has 1 aromatic rings. The van der Waals surface area contributed by atoms with Crippen molar-refractivity contribution in [3.63, 3.8) is 0 Å². The lowest BCUT2D eigenvalue weighted by Crippen LogP contribution is -2.23. The van der Waals surface area contributed by atoms with E-state index in [9.17, 15) is 4.79 Å². The maximum Gasteiger partial charge on any atom is 0.328 e. The molecule has 2 rings (SSSR count). The van der Waals surface area contributed by atoms with Crippen LogP contribution in [0.25, 0.3) is 6.08 Å². The monoisotopic (exact) mass is 259 g/mol. The number of carboxylic acids is 1. The number of hydrogen-bond acceptors (Lipinski definition) is 2. The van der Waals surface area contributed by atoms with E-state index in [4.69, 9.17) is 5.11 Å². The minimum atomic E-state index is -0.911. The first kappa shape index (κ1) is 13.7. The van der Waals surface area contributed by atoms with Crippen LogP contribution in [0, 0.1) is 5.92 Å². The van der Waals surface area contributed by atoms with Crippen molar-refractivity contribution < 1.29 is 9.90 Å². The summed E-state index contributed by atoms with van der Waals surface area (Å²) >= 11 is 0. The molecule has 1 aliphatic rings. The summed E-state index contributed by atoms with van der Waals surface area (Å²) in [5.41, 5.74) is 2.16. The van der Waals surface area contributed by atoms with E-state index in [1.54, 1.807) is 6.08 Å². The lowest BCUT2D eigenvalue weighted by Gasteiger charge is -2.22. The molecular formula is C16H21NO2. The molecule has 1 aliphatic heterocycles. The van der Waals surface area contributed by atoms with Gasteiger partial charge in [-0.15, -0.1) is 0 Å². The Labute approximate surface area is 114 Å². The van der Waals surface area contributed by atoms with Crippen LogP contribution >= 0.6 is 0 Å². The van der Waals surface area contributed by atoms with Gasteiger partial charge in [0.2, 0.25) is 0 Å². The second-order valence-electron chi connectivity index (χ2n) is 5.29. The van der Waals surface area contributed by atoms with E-state index in [1.165, 1.54) is 31.0 Å². The quantitative estimate of drug-likeness (QED) is 0.846. The molecule has 1 atom stereocenters. The molecule has 0 saturated carbocycles. The Bertz CT molecular complexity index is 450. The summed E-state index contributed by atoms with van der Waals surface area (Å²) in [7, 11) is 0. The standard InChI is InChI=1S/C16H21NO2/c1-13-3-2-11-17(12-10-13)15-7-4-14(5-8-15)6-9-16(18)19/h4-9,13H,2-3,10-12H2,1H3,(H,18,19)/b9-6+. The van der Waals surface area contributed by atoms with Crippen molar-refractivity contribution >= 4 is 17.7 Å². The molecule has 1 N–H and O–H groups in total. The van der Waals surface area contributed by atoms with Crippen molar-refractivity contribution in [2.75, 3.05) is 18.0 Å². The highest BCUT2D eigenvalue weighted by atomic mass is 16.4. The largest absolute Gasteiger partial charge is 0.478 e. The first-order chi connectivity index (χ1) is 9.15. The van der Waals surface area contributed by atoms with Gasteiger partial charge in [0.15, 0.2) is 0 Å². The van der Waals surface area contributed by atoms with Gasteiger partial charge in [-0.25, -0.2) is 4.79 Å². The lowest BCUT2D eigenvalue weighted by atomic mass is 10.0. The van der Waals surface area contributed by atoms with E-state index >= 15 is 0 Å². The van der Waals surface area contributed by atoms with Gasteiger partial charge in [0.05, 0.1) is 0 Å². The van der Waals surface area contributed by atoms with Gasteiger partial charge in [-0.05, 0) is 49.0 Å². The maximum atomic E-state index is 10.5. The normalized spacial score (nSPS) is 20.5. The molecule has 1 fully saturated rings. The second kappa shape index (κ2) is 6.41. The Morgan fingerprint density at radius 2 is 2.00 bits per heavy atom. The molecule has 1 heterocycles. The number of benzene rings is 1. The molecule has 0 spiro atoms. The van der Waals surface area contributed by atoms with Gasteiger partial charge in [0, 0.05) is 24.9 Å². The summed E-state index contributed by atoms with van der Waals surface area (Å²) in [6.45, 7) is 4.56. The fourth-order valence-electron chi connectivity index (χ4n) is 2.48. The van der Waals surface area contributed by atoms with Crippen molar-refractivity contribution in [1.29, 1.82) is 0 Å². The first-order valence-corrected chi connectivity index (χ1v) is 6.91. The molecule has 102 valence electrons. The number of anilines is 1. The molecule has 1 aromatic carbocycles. The smallest absolute Gasteiger partial charge is 0.328 e. The fourth-order valence-corrected chi connectivity index (χ4v) is 2.48. The second-order valence-corrected chi connectivity index (χ2v) is 5.29. The zero-order chi connectivity index (χ0) is 13.7. The van der Waals surface area contributed by atoms with E-state index in [1.807, 2.05) is 12.1 Å². The third-order valence-corrected chi connectivity index (χ3v) is 3.69. The van der Waals surface area contributed by atoms with Crippen LogP contribution < -0.4 is 4.90 Å². The van der Waals surface area contributed by atoms with Crippen LogP contribution in [0.3, 0.4) is 0 Å². The van der Waals surface area contributed by atoms with Crippen LogP contribution in [-0.4, -0.2) is 24.2 Å². The van der Waals surface area contributed by atoms with Crippen molar-refractivity contribution in [2.24, 2.45) is 5.92 Å². The summed E-state index contributed by atoms with van der Waals surface area (Å²) in [5.74, 6) is -0.0895. The molecule has 19 heavy (non-hydrogen) atoms. The first-order valence-electron chi connectivity index (χ1n) is 6.91. The molecule has 0 bridgehead atoms. The molecule has 1 unspecified atom stereocenters. The van der Waals surface area contributed by atoms with Gasteiger partial charge < -0.3 is 10.0 Å². The molecular weight excluding hydrogens is 238 g/mol. The van der Waals surface area contributed by atoms with Gasteiger partial charge in [-0.1, -0.05) is 19.1 Å². The van der Waals surface area contributed by atoms with E-state index in [-0.39, 0.29) is 0 Å². The Morgan fingerprint density at radius 1 is 1.26 bits per heavy atom. The number of nitrogens with zero attached hydrogens (tertiary/aromatic N) is 1. The van der Waals surface area contributed by atoms with Gasteiger partial charge in [0.25, 0.3) is 0 Å². The topological polar surface area (TPSA) is 40.5 Å². The number of carboxylic acid groups (broad SMARTS) is 1. The predicted octanol–water partition coefficient (Wildman–Crippen LogP) is 3.41. The minimum Gasteiger partial charge on any atom is -0.478 e. The Hall–Kier alpha value is -1.77. The zero-order valence-electron chi connectivity index (χ0n) is 11.4. The fraction of sp³-hybridized carbons (Fsp3) is 0.438. The highest BCUT2D eigenvalue weighted by Crippen LogP contribution is 2.22. The van der Waals surface area contributed by atoms with Crippen molar-refractivity contribution in [3.8, 4) is 0 Å². The molecule has 3 heteroatoms. The van der Waals surface area contributed by atoms with Crippen LogP contribution in [0.4, 0.5) is 5.69 Å². The summed E-state index contributed by atoms with van der Waals surface area (Å²) in [6.07, 6.45) is 6.61. The van der Waals surface area contributed by atoms with Crippen molar-refractivity contribution in [2.45, 2.75) is 26.2 Å². The molecule has 0 aliphatic carbocycles. The summed E-state index contributed by atoms with van der Waals surface area (Å²) in [4.78, 5) is 12.9. The van der Waals surface area contributed by atoms with Crippen molar-refractivity contribution in [1.82, 2.24) is 0 Å². The number of rotatable bonds is 3. The molecule has 0 amide bonds. The SMILES string of the molecule is CC1CCCN(c2ccc(/C=C/C(=O)O)cc2)CC1. The van der Waals surface area contributed by atoms with E-state index < -0.39 is 5.97 Å². The highest BCUT2D eigenvalue weighted by Gasteiger charge is 2.13. The van der Waals surface area contributed by atoms with Crippen LogP contribution in [-0.2, 0) is 4.79 Å². The number of carbonyl (C=O) groups is 1. The molecule has 1 saturated heterocycles. The minimum absolute atomic E-state index is 0.822. The van der Waals surface area contributed by atoms with Crippen LogP contribution in [0.15, 0.2) is 30.3 Å². The maximum absolute atomic E-state index is 10.5. The van der Waals surface area contributed by atoms with Crippen LogP contribution in [0.5, 0.6) is 0 Å². The Balaban J connectivity index is 2.03. The third kappa shape index (κ3) is 4.12. The average Bonchev–Trinajstić information content (AvgIpc) is 2.62. The molecule has 0 radical (unpaired) electrons. The molecule has 0 aromatic heterocycles. The van der Waals surface area contributed by atoms with Crippen LogP contribution in [0.2, 0.25) is 0 Å². The van der Waals surface area contributed by atoms with Gasteiger partial charge in [0.1, 0.15) is 0 Å². The third-order valence-electron chi connectivity index (χ3n) is 3.69. The number of hydrogen-bond donors (Lipinski definition) is 1. The van der Waals surface area contributed by atoms with E-state index in [0.29, 0.717) is 0 Å². The average molecular weight is 259 g/mol. The van der Waals surface area contributed by atoms with Gasteiger partial charge >= 0.3 is 5.97 Å². The van der Waals surface area contributed by atoms with E-state index in [0.717, 1.165) is 24.6 Å². The van der Waals surface area contributed by atoms with Crippen molar-refractivity contribution in [3.05, 3.63) is 35.9 Å². The predicted molar refractivity (Wildman–Crippen MR) is 78.3 cm³/mol. The number of aliphatic carboxylic acids is 1. The highest BCUT2D eigenvalue weighted by molar-refractivity contribution is 5.85. The lowest BCUT2D eigenvalue weighted by molar-refractivity contribution is -0.131. The summed E-state index contributed by atoms with van der Waals surface area (Å²) < 4.78 is 0. The Kier molecular flexibility index (Phi) is 4.61. The molecule has 3 nitrogen and oxygen atoms in total. The van der Waals surface area contributed by atoms with E-state index in [2.05, 4.69) is 24.0 Å². The van der Waals surface area contributed by atoms with Gasteiger partial charge in [-0.2, -0.15) is 0 Å². The summed E-state index contributed by atoms with van der Waals surface area (Å²) in [6, 6.07) is 8.11.